The SMILES string of the molecule is CC(=O)C1CCC1NC(=O)C(C)C. The molecular formula is C10H17NO2. The van der Waals surface area contributed by atoms with Crippen molar-refractivity contribution in [3.8, 4) is 0 Å². The normalized spacial score (nSPS) is 26.8. The molecule has 3 heteroatoms. The Morgan fingerprint density at radius 1 is 1.31 bits per heavy atom. The van der Waals surface area contributed by atoms with E-state index < -0.39 is 0 Å². The summed E-state index contributed by atoms with van der Waals surface area (Å²) in [5.41, 5.74) is 0. The third kappa shape index (κ3) is 2.29. The van der Waals surface area contributed by atoms with Crippen molar-refractivity contribution in [2.24, 2.45) is 11.8 Å². The molecule has 0 aromatic rings. The highest BCUT2D eigenvalue weighted by atomic mass is 16.2. The lowest BCUT2D eigenvalue weighted by Gasteiger charge is -2.35. The maximum atomic E-state index is 11.3. The van der Waals surface area contributed by atoms with E-state index in [-0.39, 0.29) is 29.6 Å². The first kappa shape index (κ1) is 10.2. The van der Waals surface area contributed by atoms with E-state index in [1.54, 1.807) is 6.92 Å². The summed E-state index contributed by atoms with van der Waals surface area (Å²) in [5.74, 6) is 0.326. The van der Waals surface area contributed by atoms with Gasteiger partial charge in [0.15, 0.2) is 0 Å². The number of hydrogen-bond donors (Lipinski definition) is 1. The summed E-state index contributed by atoms with van der Waals surface area (Å²) in [4.78, 5) is 22.3. The van der Waals surface area contributed by atoms with Crippen molar-refractivity contribution in [2.75, 3.05) is 0 Å². The maximum Gasteiger partial charge on any atom is 0.222 e. The molecule has 0 saturated heterocycles. The summed E-state index contributed by atoms with van der Waals surface area (Å²) < 4.78 is 0. The van der Waals surface area contributed by atoms with E-state index in [1.165, 1.54) is 0 Å². The molecule has 2 atom stereocenters. The molecule has 1 N–H and O–H groups in total. The molecule has 0 spiro atoms. The first-order chi connectivity index (χ1) is 6.02. The summed E-state index contributed by atoms with van der Waals surface area (Å²) in [6.45, 7) is 5.31. The zero-order valence-corrected chi connectivity index (χ0v) is 8.46. The van der Waals surface area contributed by atoms with E-state index >= 15 is 0 Å². The number of ketones is 1. The van der Waals surface area contributed by atoms with Crippen molar-refractivity contribution >= 4 is 11.7 Å². The van der Waals surface area contributed by atoms with Crippen molar-refractivity contribution in [1.82, 2.24) is 5.32 Å². The lowest BCUT2D eigenvalue weighted by molar-refractivity contribution is -0.129. The second kappa shape index (κ2) is 3.90. The summed E-state index contributed by atoms with van der Waals surface area (Å²) >= 11 is 0. The van der Waals surface area contributed by atoms with Crippen molar-refractivity contribution in [2.45, 2.75) is 39.7 Å². The van der Waals surface area contributed by atoms with Crippen LogP contribution in [0.1, 0.15) is 33.6 Å². The van der Waals surface area contributed by atoms with E-state index in [4.69, 9.17) is 0 Å². The van der Waals surface area contributed by atoms with Gasteiger partial charge in [0.2, 0.25) is 5.91 Å². The zero-order chi connectivity index (χ0) is 10.0. The van der Waals surface area contributed by atoms with Gasteiger partial charge in [0.1, 0.15) is 5.78 Å². The Labute approximate surface area is 78.9 Å². The van der Waals surface area contributed by atoms with Crippen LogP contribution in [0.15, 0.2) is 0 Å². The fourth-order valence-electron chi connectivity index (χ4n) is 1.51. The number of amides is 1. The van der Waals surface area contributed by atoms with E-state index in [1.807, 2.05) is 13.8 Å². The minimum absolute atomic E-state index is 0.00760. The Bertz CT molecular complexity index is 223. The van der Waals surface area contributed by atoms with Crippen molar-refractivity contribution < 1.29 is 9.59 Å². The van der Waals surface area contributed by atoms with Gasteiger partial charge in [0, 0.05) is 17.9 Å². The molecule has 13 heavy (non-hydrogen) atoms. The van der Waals surface area contributed by atoms with Gasteiger partial charge in [-0.3, -0.25) is 9.59 Å². The standard InChI is InChI=1S/C10H17NO2/c1-6(2)10(13)11-9-5-4-8(9)7(3)12/h6,8-9H,4-5H2,1-3H3,(H,11,13). The van der Waals surface area contributed by atoms with E-state index in [0.29, 0.717) is 0 Å². The van der Waals surface area contributed by atoms with Gasteiger partial charge >= 0.3 is 0 Å². The molecule has 1 amide bonds. The second-order valence-electron chi connectivity index (χ2n) is 4.06. The molecule has 0 aromatic heterocycles. The number of rotatable bonds is 3. The third-order valence-electron chi connectivity index (χ3n) is 2.65. The predicted octanol–water partition coefficient (Wildman–Crippen LogP) is 1.13. The molecule has 74 valence electrons. The quantitative estimate of drug-likeness (QED) is 0.712. The first-order valence-electron chi connectivity index (χ1n) is 4.83. The Morgan fingerprint density at radius 3 is 2.23 bits per heavy atom. The Kier molecular flexibility index (Phi) is 3.07. The largest absolute Gasteiger partial charge is 0.352 e. The van der Waals surface area contributed by atoms with Crippen LogP contribution in [0, 0.1) is 11.8 Å². The monoisotopic (exact) mass is 183 g/mol. The van der Waals surface area contributed by atoms with E-state index in [0.717, 1.165) is 12.8 Å². The van der Waals surface area contributed by atoms with Gasteiger partial charge in [-0.05, 0) is 19.8 Å². The molecule has 1 fully saturated rings. The smallest absolute Gasteiger partial charge is 0.222 e. The maximum absolute atomic E-state index is 11.3. The Morgan fingerprint density at radius 2 is 1.92 bits per heavy atom. The number of carbonyl (C=O) groups is 2. The lowest BCUT2D eigenvalue weighted by atomic mass is 9.77. The van der Waals surface area contributed by atoms with Crippen LogP contribution in [-0.4, -0.2) is 17.7 Å². The Hall–Kier alpha value is -0.860. The molecule has 0 radical (unpaired) electrons. The van der Waals surface area contributed by atoms with Crippen LogP contribution >= 0.6 is 0 Å². The highest BCUT2D eigenvalue weighted by Crippen LogP contribution is 2.28. The molecular weight excluding hydrogens is 166 g/mol. The van der Waals surface area contributed by atoms with Crippen molar-refractivity contribution in [1.29, 1.82) is 0 Å². The molecule has 0 aliphatic heterocycles. The highest BCUT2D eigenvalue weighted by Gasteiger charge is 2.35. The average Bonchev–Trinajstić information content (AvgIpc) is 1.95. The summed E-state index contributed by atoms with van der Waals surface area (Å²) in [6, 6.07) is 0.104. The van der Waals surface area contributed by atoms with Crippen LogP contribution in [0.5, 0.6) is 0 Å². The van der Waals surface area contributed by atoms with Crippen LogP contribution in [0.2, 0.25) is 0 Å². The minimum atomic E-state index is 0.00760. The molecule has 0 aromatic carbocycles. The molecule has 0 heterocycles. The predicted molar refractivity (Wildman–Crippen MR) is 50.2 cm³/mol. The lowest BCUT2D eigenvalue weighted by Crippen LogP contribution is -2.50. The van der Waals surface area contributed by atoms with Gasteiger partial charge in [-0.2, -0.15) is 0 Å². The van der Waals surface area contributed by atoms with Crippen molar-refractivity contribution in [3.63, 3.8) is 0 Å². The summed E-state index contributed by atoms with van der Waals surface area (Å²) in [5, 5.41) is 2.89. The van der Waals surface area contributed by atoms with Gasteiger partial charge in [0.05, 0.1) is 0 Å². The number of carbonyl (C=O) groups excluding carboxylic acids is 2. The molecule has 1 saturated carbocycles. The number of hydrogen-bond acceptors (Lipinski definition) is 2. The first-order valence-corrected chi connectivity index (χ1v) is 4.83. The molecule has 1 aliphatic rings. The van der Waals surface area contributed by atoms with Gasteiger partial charge in [0.25, 0.3) is 0 Å². The second-order valence-corrected chi connectivity index (χ2v) is 4.06. The minimum Gasteiger partial charge on any atom is -0.352 e. The van der Waals surface area contributed by atoms with Gasteiger partial charge in [-0.25, -0.2) is 0 Å². The topological polar surface area (TPSA) is 46.2 Å². The number of Topliss-reactive ketones (excluding diaryl/α,β-unsaturated/α-hetero) is 1. The molecule has 0 bridgehead atoms. The highest BCUT2D eigenvalue weighted by molar-refractivity contribution is 5.83. The van der Waals surface area contributed by atoms with Crippen molar-refractivity contribution in [3.05, 3.63) is 0 Å². The summed E-state index contributed by atoms with van der Waals surface area (Å²) in [6.07, 6.45) is 1.88. The molecule has 1 aliphatic carbocycles. The fourth-order valence-corrected chi connectivity index (χ4v) is 1.51. The Balaban J connectivity index is 2.38. The molecule has 2 unspecified atom stereocenters. The van der Waals surface area contributed by atoms with Gasteiger partial charge in [-0.1, -0.05) is 13.8 Å². The van der Waals surface area contributed by atoms with Gasteiger partial charge in [-0.15, -0.1) is 0 Å². The van der Waals surface area contributed by atoms with Gasteiger partial charge < -0.3 is 5.32 Å². The molecule has 3 nitrogen and oxygen atoms in total. The van der Waals surface area contributed by atoms with Crippen LogP contribution in [-0.2, 0) is 9.59 Å². The van der Waals surface area contributed by atoms with E-state index in [9.17, 15) is 9.59 Å². The van der Waals surface area contributed by atoms with E-state index in [2.05, 4.69) is 5.32 Å². The third-order valence-corrected chi connectivity index (χ3v) is 2.65. The fraction of sp³-hybridized carbons (Fsp3) is 0.800. The molecule has 1 rings (SSSR count). The van der Waals surface area contributed by atoms with Crippen LogP contribution in [0.25, 0.3) is 0 Å². The summed E-state index contributed by atoms with van der Waals surface area (Å²) in [7, 11) is 0. The van der Waals surface area contributed by atoms with Crippen LogP contribution in [0.4, 0.5) is 0 Å². The zero-order valence-electron chi connectivity index (χ0n) is 8.46. The van der Waals surface area contributed by atoms with Crippen LogP contribution in [0.3, 0.4) is 0 Å². The average molecular weight is 183 g/mol. The number of nitrogens with one attached hydrogen (secondary N) is 1. The van der Waals surface area contributed by atoms with Crippen LogP contribution < -0.4 is 5.32 Å².